The largest absolute Gasteiger partial charge is 0.373 e. The topological polar surface area (TPSA) is 119 Å². The zero-order chi connectivity index (χ0) is 21.7. The molecular formula is C20H17F4N5O2. The molecule has 0 aliphatic heterocycles. The third-order valence-electron chi connectivity index (χ3n) is 4.05. The van der Waals surface area contributed by atoms with Crippen LogP contribution in [0.5, 0.6) is 0 Å². The van der Waals surface area contributed by atoms with Crippen molar-refractivity contribution in [3.05, 3.63) is 89.0 Å². The summed E-state index contributed by atoms with van der Waals surface area (Å²) in [4.78, 5) is 31.4. The molecule has 3 rings (SSSR count). The Morgan fingerprint density at radius 1 is 0.806 bits per heavy atom. The standard InChI is InChI=1S/C20H14F4N4O2.H3N/c21-15-11(9-28-20(30)13-6-2-4-8-26-13)16(22)18(24)19(17(15)23)27-10-14(29)12-5-1-3-7-25-12;/h1-8,27H,9-10H2,(H,28,30);1H3. The van der Waals surface area contributed by atoms with Crippen molar-refractivity contribution in [2.75, 3.05) is 11.9 Å². The number of Topliss-reactive ketones (excluding diaryl/α,β-unsaturated/α-hetero) is 1. The van der Waals surface area contributed by atoms with Gasteiger partial charge in [0.05, 0.1) is 6.54 Å². The van der Waals surface area contributed by atoms with E-state index in [-0.39, 0.29) is 17.5 Å². The van der Waals surface area contributed by atoms with E-state index < -0.39 is 59.3 Å². The average molecular weight is 435 g/mol. The van der Waals surface area contributed by atoms with Gasteiger partial charge in [0, 0.05) is 24.5 Å². The predicted molar refractivity (Wildman–Crippen MR) is 104 cm³/mol. The van der Waals surface area contributed by atoms with Gasteiger partial charge in [0.15, 0.2) is 29.1 Å². The number of ketones is 1. The summed E-state index contributed by atoms with van der Waals surface area (Å²) in [5.41, 5.74) is -2.16. The van der Waals surface area contributed by atoms with E-state index in [0.29, 0.717) is 0 Å². The van der Waals surface area contributed by atoms with Crippen molar-refractivity contribution in [2.24, 2.45) is 0 Å². The Bertz CT molecular complexity index is 966. The first-order chi connectivity index (χ1) is 14.4. The molecule has 2 aromatic heterocycles. The summed E-state index contributed by atoms with van der Waals surface area (Å²) in [6.45, 7) is -1.45. The fraction of sp³-hybridized carbons (Fsp3) is 0.100. The molecule has 0 unspecified atom stereocenters. The third kappa shape index (κ3) is 5.20. The molecule has 0 atom stereocenters. The van der Waals surface area contributed by atoms with E-state index in [1.54, 1.807) is 12.1 Å². The molecule has 1 aromatic carbocycles. The molecule has 0 radical (unpaired) electrons. The lowest BCUT2D eigenvalue weighted by Crippen LogP contribution is -2.26. The number of aromatic nitrogens is 2. The second-order valence-electron chi connectivity index (χ2n) is 6.00. The molecule has 0 bridgehead atoms. The van der Waals surface area contributed by atoms with Crippen LogP contribution in [0.15, 0.2) is 48.8 Å². The molecular weight excluding hydrogens is 418 g/mol. The van der Waals surface area contributed by atoms with Crippen LogP contribution in [0.4, 0.5) is 23.2 Å². The summed E-state index contributed by atoms with van der Waals surface area (Å²) in [7, 11) is 0. The molecule has 31 heavy (non-hydrogen) atoms. The van der Waals surface area contributed by atoms with Crippen LogP contribution in [0, 0.1) is 23.3 Å². The maximum absolute atomic E-state index is 14.3. The molecule has 0 aliphatic rings. The normalized spacial score (nSPS) is 10.2. The molecule has 0 spiro atoms. The summed E-state index contributed by atoms with van der Waals surface area (Å²) in [5.74, 6) is -8.24. The summed E-state index contributed by atoms with van der Waals surface area (Å²) >= 11 is 0. The molecule has 0 saturated carbocycles. The van der Waals surface area contributed by atoms with E-state index in [1.165, 1.54) is 36.7 Å². The highest BCUT2D eigenvalue weighted by Crippen LogP contribution is 2.28. The first-order valence-electron chi connectivity index (χ1n) is 8.62. The van der Waals surface area contributed by atoms with Gasteiger partial charge in [-0.2, -0.15) is 0 Å². The number of carbonyl (C=O) groups is 2. The van der Waals surface area contributed by atoms with Crippen LogP contribution in [0.1, 0.15) is 26.5 Å². The van der Waals surface area contributed by atoms with Gasteiger partial charge >= 0.3 is 0 Å². The van der Waals surface area contributed by atoms with Crippen molar-refractivity contribution in [3.63, 3.8) is 0 Å². The van der Waals surface area contributed by atoms with E-state index in [9.17, 15) is 27.2 Å². The van der Waals surface area contributed by atoms with Crippen LogP contribution in [-0.2, 0) is 6.54 Å². The van der Waals surface area contributed by atoms with Gasteiger partial charge < -0.3 is 16.8 Å². The van der Waals surface area contributed by atoms with Gasteiger partial charge in [-0.25, -0.2) is 17.6 Å². The number of hydrogen-bond acceptors (Lipinski definition) is 6. The summed E-state index contributed by atoms with van der Waals surface area (Å²) in [5, 5.41) is 4.21. The average Bonchev–Trinajstić information content (AvgIpc) is 2.78. The molecule has 162 valence electrons. The van der Waals surface area contributed by atoms with Crippen LogP contribution in [-0.4, -0.2) is 28.2 Å². The number of carbonyl (C=O) groups excluding carboxylic acids is 2. The minimum absolute atomic E-state index is 0. The van der Waals surface area contributed by atoms with E-state index in [0.717, 1.165) is 0 Å². The number of rotatable bonds is 7. The maximum Gasteiger partial charge on any atom is 0.270 e. The zero-order valence-electron chi connectivity index (χ0n) is 16.0. The van der Waals surface area contributed by atoms with Crippen molar-refractivity contribution in [1.82, 2.24) is 21.4 Å². The quantitative estimate of drug-likeness (QED) is 0.297. The van der Waals surface area contributed by atoms with Crippen LogP contribution < -0.4 is 16.8 Å². The van der Waals surface area contributed by atoms with Gasteiger partial charge in [0.25, 0.3) is 5.91 Å². The molecule has 0 fully saturated rings. The maximum atomic E-state index is 14.3. The van der Waals surface area contributed by atoms with E-state index in [1.807, 2.05) is 0 Å². The van der Waals surface area contributed by atoms with Crippen molar-refractivity contribution in [3.8, 4) is 0 Å². The van der Waals surface area contributed by atoms with Crippen LogP contribution in [0.2, 0.25) is 0 Å². The summed E-state index contributed by atoms with van der Waals surface area (Å²) in [6, 6.07) is 8.93. The van der Waals surface area contributed by atoms with Crippen LogP contribution in [0.3, 0.4) is 0 Å². The van der Waals surface area contributed by atoms with Crippen molar-refractivity contribution in [1.29, 1.82) is 0 Å². The van der Waals surface area contributed by atoms with Gasteiger partial charge in [-0.05, 0) is 24.3 Å². The second-order valence-corrected chi connectivity index (χ2v) is 6.00. The number of benzene rings is 1. The van der Waals surface area contributed by atoms with Gasteiger partial charge in [-0.3, -0.25) is 19.6 Å². The van der Waals surface area contributed by atoms with Crippen LogP contribution in [0.25, 0.3) is 0 Å². The number of nitrogens with one attached hydrogen (secondary N) is 2. The number of nitrogens with zero attached hydrogens (tertiary/aromatic N) is 2. The van der Waals surface area contributed by atoms with E-state index in [4.69, 9.17) is 0 Å². The number of pyridine rings is 2. The van der Waals surface area contributed by atoms with E-state index in [2.05, 4.69) is 20.6 Å². The van der Waals surface area contributed by atoms with Crippen molar-refractivity contribution >= 4 is 17.4 Å². The minimum atomic E-state index is -1.72. The Labute approximate surface area is 174 Å². The Balaban J connectivity index is 0.00000341. The van der Waals surface area contributed by atoms with E-state index >= 15 is 0 Å². The highest BCUT2D eigenvalue weighted by molar-refractivity contribution is 5.97. The smallest absolute Gasteiger partial charge is 0.270 e. The summed E-state index contributed by atoms with van der Waals surface area (Å²) < 4.78 is 57.2. The minimum Gasteiger partial charge on any atom is -0.373 e. The first-order valence-corrected chi connectivity index (χ1v) is 8.62. The van der Waals surface area contributed by atoms with Crippen molar-refractivity contribution < 1.29 is 27.2 Å². The third-order valence-corrected chi connectivity index (χ3v) is 4.05. The lowest BCUT2D eigenvalue weighted by molar-refractivity contribution is 0.0943. The van der Waals surface area contributed by atoms with Crippen molar-refractivity contribution in [2.45, 2.75) is 6.54 Å². The lowest BCUT2D eigenvalue weighted by atomic mass is 10.1. The highest BCUT2D eigenvalue weighted by atomic mass is 19.2. The molecule has 11 heteroatoms. The number of anilines is 1. The zero-order valence-corrected chi connectivity index (χ0v) is 16.0. The molecule has 0 aliphatic carbocycles. The van der Waals surface area contributed by atoms with Crippen LogP contribution >= 0.6 is 0 Å². The first kappa shape index (κ1) is 23.4. The number of amides is 1. The Morgan fingerprint density at radius 2 is 1.35 bits per heavy atom. The van der Waals surface area contributed by atoms with Gasteiger partial charge in [0.2, 0.25) is 0 Å². The molecule has 2 heterocycles. The Morgan fingerprint density at radius 3 is 1.87 bits per heavy atom. The Kier molecular flexibility index (Phi) is 7.75. The summed E-state index contributed by atoms with van der Waals surface area (Å²) in [6.07, 6.45) is 2.68. The molecule has 7 nitrogen and oxygen atoms in total. The molecule has 0 saturated heterocycles. The second kappa shape index (κ2) is 10.3. The SMILES string of the molecule is N.O=C(CNc1c(F)c(F)c(CNC(=O)c2ccccn2)c(F)c1F)c1ccccn1. The lowest BCUT2D eigenvalue weighted by Gasteiger charge is -2.14. The number of halogens is 4. The highest BCUT2D eigenvalue weighted by Gasteiger charge is 2.26. The monoisotopic (exact) mass is 435 g/mol. The Hall–Kier alpha value is -3.86. The fourth-order valence-electron chi connectivity index (χ4n) is 2.53. The van der Waals surface area contributed by atoms with Gasteiger partial charge in [-0.15, -0.1) is 0 Å². The molecule has 3 aromatic rings. The van der Waals surface area contributed by atoms with Gasteiger partial charge in [-0.1, -0.05) is 12.1 Å². The number of hydrogen-bond donors (Lipinski definition) is 3. The molecule has 1 amide bonds. The predicted octanol–water partition coefficient (Wildman–Crippen LogP) is 3.42. The van der Waals surface area contributed by atoms with Gasteiger partial charge in [0.1, 0.15) is 17.1 Å². The fourth-order valence-corrected chi connectivity index (χ4v) is 2.53. The molecule has 5 N–H and O–H groups in total.